The van der Waals surface area contributed by atoms with Crippen molar-refractivity contribution in [1.29, 1.82) is 0 Å². The SMILES string of the molecule is COC(=O)c1c(C)c(C)c(O)c(C=O)c1O. The van der Waals surface area contributed by atoms with Crippen molar-refractivity contribution in [2.75, 3.05) is 7.11 Å². The van der Waals surface area contributed by atoms with Gasteiger partial charge in [-0.15, -0.1) is 0 Å². The molecule has 0 aliphatic carbocycles. The van der Waals surface area contributed by atoms with E-state index in [1.54, 1.807) is 13.8 Å². The van der Waals surface area contributed by atoms with Crippen molar-refractivity contribution in [1.82, 2.24) is 0 Å². The molecule has 0 atom stereocenters. The highest BCUT2D eigenvalue weighted by Crippen LogP contribution is 2.36. The van der Waals surface area contributed by atoms with E-state index in [4.69, 9.17) is 0 Å². The largest absolute Gasteiger partial charge is 0.507 e. The summed E-state index contributed by atoms with van der Waals surface area (Å²) in [6.07, 6.45) is 0.295. The van der Waals surface area contributed by atoms with Gasteiger partial charge >= 0.3 is 5.97 Å². The molecule has 0 aliphatic heterocycles. The Hall–Kier alpha value is -2.04. The minimum absolute atomic E-state index is 0.0973. The molecule has 0 spiro atoms. The third-order valence-corrected chi connectivity index (χ3v) is 2.55. The van der Waals surface area contributed by atoms with Crippen LogP contribution in [-0.2, 0) is 4.74 Å². The first-order valence-electron chi connectivity index (χ1n) is 4.54. The molecule has 0 radical (unpaired) electrons. The van der Waals surface area contributed by atoms with Crippen molar-refractivity contribution in [3.05, 3.63) is 22.3 Å². The standard InChI is InChI=1S/C11H12O5/c1-5-6(2)9(13)7(4-12)10(14)8(5)11(15)16-3/h4,13-14H,1-3H3. The zero-order valence-electron chi connectivity index (χ0n) is 9.20. The van der Waals surface area contributed by atoms with Gasteiger partial charge in [-0.25, -0.2) is 4.79 Å². The molecule has 0 aromatic heterocycles. The molecule has 0 aliphatic rings. The number of benzene rings is 1. The number of aldehydes is 1. The maximum Gasteiger partial charge on any atom is 0.341 e. The van der Waals surface area contributed by atoms with Gasteiger partial charge in [-0.2, -0.15) is 0 Å². The second kappa shape index (κ2) is 4.22. The highest BCUT2D eigenvalue weighted by molar-refractivity contribution is 5.99. The van der Waals surface area contributed by atoms with E-state index < -0.39 is 11.7 Å². The van der Waals surface area contributed by atoms with Gasteiger partial charge in [0, 0.05) is 0 Å². The van der Waals surface area contributed by atoms with Crippen molar-refractivity contribution in [2.45, 2.75) is 13.8 Å². The fourth-order valence-electron chi connectivity index (χ4n) is 1.45. The Morgan fingerprint density at radius 2 is 1.75 bits per heavy atom. The fourth-order valence-corrected chi connectivity index (χ4v) is 1.45. The van der Waals surface area contributed by atoms with Crippen LogP contribution in [0.3, 0.4) is 0 Å². The Bertz CT molecular complexity index is 462. The Kier molecular flexibility index (Phi) is 3.17. The Labute approximate surface area is 92.3 Å². The number of esters is 1. The van der Waals surface area contributed by atoms with E-state index in [0.29, 0.717) is 17.4 Å². The van der Waals surface area contributed by atoms with Gasteiger partial charge in [-0.05, 0) is 25.0 Å². The normalized spacial score (nSPS) is 9.94. The van der Waals surface area contributed by atoms with Crippen LogP contribution < -0.4 is 0 Å². The highest BCUT2D eigenvalue weighted by Gasteiger charge is 2.23. The van der Waals surface area contributed by atoms with Crippen LogP contribution >= 0.6 is 0 Å². The molecule has 5 nitrogen and oxygen atoms in total. The maximum absolute atomic E-state index is 11.4. The summed E-state index contributed by atoms with van der Waals surface area (Å²) in [6, 6.07) is 0. The Morgan fingerprint density at radius 3 is 2.19 bits per heavy atom. The highest BCUT2D eigenvalue weighted by atomic mass is 16.5. The fraction of sp³-hybridized carbons (Fsp3) is 0.273. The van der Waals surface area contributed by atoms with Crippen LogP contribution in [0, 0.1) is 13.8 Å². The molecule has 1 aromatic rings. The molecule has 0 unspecified atom stereocenters. The van der Waals surface area contributed by atoms with Gasteiger partial charge in [-0.1, -0.05) is 0 Å². The van der Waals surface area contributed by atoms with Crippen molar-refractivity contribution < 1.29 is 24.5 Å². The van der Waals surface area contributed by atoms with E-state index in [0.717, 1.165) is 0 Å². The second-order valence-corrected chi connectivity index (χ2v) is 3.35. The number of phenols is 2. The summed E-state index contributed by atoms with van der Waals surface area (Å²) >= 11 is 0. The number of aromatic hydroxyl groups is 2. The average molecular weight is 224 g/mol. The lowest BCUT2D eigenvalue weighted by Crippen LogP contribution is -2.07. The summed E-state index contributed by atoms with van der Waals surface area (Å²) in [7, 11) is 1.17. The molecule has 2 N–H and O–H groups in total. The molecule has 0 heterocycles. The van der Waals surface area contributed by atoms with Crippen LogP contribution in [0.1, 0.15) is 31.8 Å². The van der Waals surface area contributed by atoms with Crippen LogP contribution in [0.5, 0.6) is 11.5 Å². The molecule has 0 saturated carbocycles. The van der Waals surface area contributed by atoms with Crippen LogP contribution in [-0.4, -0.2) is 29.6 Å². The molecule has 5 heteroatoms. The predicted molar refractivity (Wildman–Crippen MR) is 56.0 cm³/mol. The number of phenolic OH excluding ortho intramolecular Hbond substituents is 2. The van der Waals surface area contributed by atoms with Gasteiger partial charge in [0.15, 0.2) is 6.29 Å². The Morgan fingerprint density at radius 1 is 1.19 bits per heavy atom. The van der Waals surface area contributed by atoms with Crippen molar-refractivity contribution in [2.24, 2.45) is 0 Å². The van der Waals surface area contributed by atoms with E-state index in [1.165, 1.54) is 7.11 Å². The predicted octanol–water partition coefficient (Wildman–Crippen LogP) is 1.31. The van der Waals surface area contributed by atoms with Gasteiger partial charge in [-0.3, -0.25) is 4.79 Å². The first-order chi connectivity index (χ1) is 7.45. The molecule has 0 bridgehead atoms. The Balaban J connectivity index is 3.68. The summed E-state index contributed by atoms with van der Waals surface area (Å²) in [5.41, 5.74) is 0.344. The maximum atomic E-state index is 11.4. The number of ether oxygens (including phenoxy) is 1. The van der Waals surface area contributed by atoms with Gasteiger partial charge in [0.05, 0.1) is 12.7 Å². The number of hydrogen-bond donors (Lipinski definition) is 2. The van der Waals surface area contributed by atoms with Gasteiger partial charge in [0.1, 0.15) is 17.1 Å². The molecule has 1 rings (SSSR count). The zero-order valence-corrected chi connectivity index (χ0v) is 9.20. The number of rotatable bonds is 2. The molecular formula is C11H12O5. The summed E-state index contributed by atoms with van der Waals surface area (Å²) in [6.45, 7) is 3.10. The summed E-state index contributed by atoms with van der Waals surface area (Å²) in [4.78, 5) is 22.1. The third-order valence-electron chi connectivity index (χ3n) is 2.55. The van der Waals surface area contributed by atoms with E-state index in [-0.39, 0.29) is 16.9 Å². The topological polar surface area (TPSA) is 83.8 Å². The minimum atomic E-state index is -0.749. The van der Waals surface area contributed by atoms with Crippen LogP contribution in [0.25, 0.3) is 0 Å². The van der Waals surface area contributed by atoms with E-state index >= 15 is 0 Å². The van der Waals surface area contributed by atoms with Gasteiger partial charge in [0.2, 0.25) is 0 Å². The molecule has 86 valence electrons. The van der Waals surface area contributed by atoms with Gasteiger partial charge in [0.25, 0.3) is 0 Å². The minimum Gasteiger partial charge on any atom is -0.507 e. The lowest BCUT2D eigenvalue weighted by Gasteiger charge is -2.13. The van der Waals surface area contributed by atoms with E-state index in [2.05, 4.69) is 4.74 Å². The smallest absolute Gasteiger partial charge is 0.341 e. The summed E-state index contributed by atoms with van der Waals surface area (Å²) in [5.74, 6) is -1.62. The third kappa shape index (κ3) is 1.60. The molecule has 0 saturated heterocycles. The average Bonchev–Trinajstić information content (AvgIpc) is 2.27. The van der Waals surface area contributed by atoms with E-state index in [1.807, 2.05) is 0 Å². The first-order valence-corrected chi connectivity index (χ1v) is 4.54. The number of hydrogen-bond acceptors (Lipinski definition) is 5. The monoisotopic (exact) mass is 224 g/mol. The van der Waals surface area contributed by atoms with Crippen molar-refractivity contribution >= 4 is 12.3 Å². The summed E-state index contributed by atoms with van der Waals surface area (Å²) in [5, 5.41) is 19.3. The lowest BCUT2D eigenvalue weighted by molar-refractivity contribution is 0.0596. The van der Waals surface area contributed by atoms with E-state index in [9.17, 15) is 19.8 Å². The number of methoxy groups -OCH3 is 1. The lowest BCUT2D eigenvalue weighted by atomic mass is 9.97. The molecular weight excluding hydrogens is 212 g/mol. The first kappa shape index (κ1) is 12.0. The summed E-state index contributed by atoms with van der Waals surface area (Å²) < 4.78 is 4.50. The number of carbonyl (C=O) groups is 2. The van der Waals surface area contributed by atoms with Gasteiger partial charge < -0.3 is 14.9 Å². The molecule has 0 fully saturated rings. The molecule has 0 amide bonds. The van der Waals surface area contributed by atoms with Crippen LogP contribution in [0.4, 0.5) is 0 Å². The molecule has 16 heavy (non-hydrogen) atoms. The second-order valence-electron chi connectivity index (χ2n) is 3.35. The van der Waals surface area contributed by atoms with Crippen LogP contribution in [0.2, 0.25) is 0 Å². The quantitative estimate of drug-likeness (QED) is 0.584. The van der Waals surface area contributed by atoms with Crippen molar-refractivity contribution in [3.8, 4) is 11.5 Å². The number of carbonyl (C=O) groups excluding carboxylic acids is 2. The van der Waals surface area contributed by atoms with Crippen molar-refractivity contribution in [3.63, 3.8) is 0 Å². The van der Waals surface area contributed by atoms with Crippen LogP contribution in [0.15, 0.2) is 0 Å². The zero-order chi connectivity index (χ0) is 12.5. The molecule has 1 aromatic carbocycles.